The quantitative estimate of drug-likeness (QED) is 0.400. The van der Waals surface area contributed by atoms with Crippen molar-refractivity contribution in [3.8, 4) is 11.5 Å². The highest BCUT2D eigenvalue weighted by Gasteiger charge is 2.36. The smallest absolute Gasteiger partial charge is 0.247 e. The Morgan fingerprint density at radius 3 is 2.45 bits per heavy atom. The van der Waals surface area contributed by atoms with Crippen LogP contribution in [0, 0.1) is 12.8 Å². The van der Waals surface area contributed by atoms with Gasteiger partial charge in [-0.3, -0.25) is 14.8 Å². The Labute approximate surface area is 245 Å². The van der Waals surface area contributed by atoms with Gasteiger partial charge in [-0.2, -0.15) is 9.40 Å². The summed E-state index contributed by atoms with van der Waals surface area (Å²) in [6.45, 7) is 6.28. The molecule has 6 rings (SSSR count). The van der Waals surface area contributed by atoms with Crippen molar-refractivity contribution in [3.05, 3.63) is 65.0 Å². The largest absolute Gasteiger partial charge is 0.454 e. The van der Waals surface area contributed by atoms with Crippen LogP contribution < -0.4 is 15.2 Å². The van der Waals surface area contributed by atoms with Crippen molar-refractivity contribution in [2.24, 2.45) is 5.92 Å². The second-order valence-electron chi connectivity index (χ2n) is 11.0. The number of piperazine rings is 1. The molecule has 2 saturated heterocycles. The van der Waals surface area contributed by atoms with Crippen LogP contribution >= 0.6 is 0 Å². The fraction of sp³-hybridized carbons (Fsp3) is 0.400. The number of piperidine rings is 1. The van der Waals surface area contributed by atoms with Crippen LogP contribution in [0.1, 0.15) is 35.4 Å². The number of benzene rings is 2. The van der Waals surface area contributed by atoms with Gasteiger partial charge in [0.2, 0.25) is 22.7 Å². The van der Waals surface area contributed by atoms with E-state index in [1.54, 1.807) is 25.1 Å². The molecule has 0 atom stereocenters. The van der Waals surface area contributed by atoms with Gasteiger partial charge in [0.25, 0.3) is 0 Å². The number of hydrogen-bond acceptors (Lipinski definition) is 8. The number of amides is 1. The summed E-state index contributed by atoms with van der Waals surface area (Å²) in [6, 6.07) is 13.3. The number of nitrogens with zero attached hydrogens (tertiary/aromatic N) is 4. The van der Waals surface area contributed by atoms with Crippen LogP contribution in [0.25, 0.3) is 12.2 Å². The van der Waals surface area contributed by atoms with Gasteiger partial charge in [-0.15, -0.1) is 0 Å². The van der Waals surface area contributed by atoms with E-state index in [9.17, 15) is 13.2 Å². The number of fused-ring (bicyclic) bond motifs is 1. The molecular formula is C30H36N6O5S. The summed E-state index contributed by atoms with van der Waals surface area (Å²) in [4.78, 5) is 17.8. The van der Waals surface area contributed by atoms with Crippen molar-refractivity contribution >= 4 is 33.8 Å². The standard InChI is InChI=1S/C30H36N6O5S/c1-21-29(26(33-32-21)8-4-22-2-6-25(31)7-3-22)42(38,39)36-12-10-24(11-13-36)30(37)35-16-14-34(15-17-35)19-23-5-9-27-28(18-23)41-20-40-27/h2-9,18,24H,10-17,19-20,31H2,1H3,(H,32,33)/b8-4+. The lowest BCUT2D eigenvalue weighted by molar-refractivity contribution is -0.138. The van der Waals surface area contributed by atoms with Gasteiger partial charge in [-0.25, -0.2) is 8.42 Å². The Hall–Kier alpha value is -3.87. The van der Waals surface area contributed by atoms with E-state index in [0.29, 0.717) is 56.1 Å². The average molecular weight is 593 g/mol. The van der Waals surface area contributed by atoms with Gasteiger partial charge in [-0.1, -0.05) is 24.3 Å². The molecule has 2 fully saturated rings. The van der Waals surface area contributed by atoms with E-state index in [2.05, 4.69) is 21.2 Å². The molecule has 3 aliphatic heterocycles. The zero-order valence-corrected chi connectivity index (χ0v) is 24.5. The Morgan fingerprint density at radius 1 is 1.00 bits per heavy atom. The Bertz CT molecular complexity index is 1570. The molecule has 0 radical (unpaired) electrons. The number of ether oxygens (including phenoxy) is 2. The van der Waals surface area contributed by atoms with E-state index in [1.807, 2.05) is 35.2 Å². The topological polar surface area (TPSA) is 134 Å². The van der Waals surface area contributed by atoms with Crippen molar-refractivity contribution in [1.29, 1.82) is 0 Å². The molecule has 0 aliphatic carbocycles. The molecule has 4 heterocycles. The van der Waals surface area contributed by atoms with E-state index in [-0.39, 0.29) is 23.5 Å². The highest BCUT2D eigenvalue weighted by molar-refractivity contribution is 7.89. The number of anilines is 1. The molecule has 222 valence electrons. The SMILES string of the molecule is Cc1[nH]nc(/C=C/c2ccc(N)cc2)c1S(=O)(=O)N1CCC(C(=O)N2CCN(Cc3ccc4c(c3)OCO4)CC2)CC1. The van der Waals surface area contributed by atoms with Crippen LogP contribution in [0.3, 0.4) is 0 Å². The van der Waals surface area contributed by atoms with Crippen molar-refractivity contribution in [2.75, 3.05) is 51.8 Å². The first kappa shape index (κ1) is 28.3. The number of H-pyrrole nitrogens is 1. The molecule has 12 heteroatoms. The van der Waals surface area contributed by atoms with Gasteiger partial charge in [-0.05, 0) is 61.2 Å². The lowest BCUT2D eigenvalue weighted by atomic mass is 9.96. The molecular weight excluding hydrogens is 556 g/mol. The highest BCUT2D eigenvalue weighted by Crippen LogP contribution is 2.33. The first-order valence-corrected chi connectivity index (χ1v) is 15.7. The third-order valence-corrected chi connectivity index (χ3v) is 10.3. The predicted octanol–water partition coefficient (Wildman–Crippen LogP) is 2.94. The number of nitrogen functional groups attached to an aromatic ring is 1. The minimum absolute atomic E-state index is 0.126. The first-order valence-electron chi connectivity index (χ1n) is 14.3. The van der Waals surface area contributed by atoms with Gasteiger partial charge >= 0.3 is 0 Å². The number of aromatic nitrogens is 2. The Morgan fingerprint density at radius 2 is 1.71 bits per heavy atom. The summed E-state index contributed by atoms with van der Waals surface area (Å²) in [5, 5.41) is 7.07. The Balaban J connectivity index is 1.03. The second-order valence-corrected chi connectivity index (χ2v) is 12.9. The zero-order valence-electron chi connectivity index (χ0n) is 23.7. The van der Waals surface area contributed by atoms with Crippen molar-refractivity contribution < 1.29 is 22.7 Å². The number of nitrogens with two attached hydrogens (primary N) is 1. The summed E-state index contributed by atoms with van der Waals surface area (Å²) >= 11 is 0. The fourth-order valence-corrected chi connectivity index (χ4v) is 7.57. The maximum absolute atomic E-state index is 13.7. The average Bonchev–Trinajstić information content (AvgIpc) is 3.63. The lowest BCUT2D eigenvalue weighted by Crippen LogP contribution is -2.51. The lowest BCUT2D eigenvalue weighted by Gasteiger charge is -2.38. The molecule has 3 aliphatic rings. The minimum atomic E-state index is -3.79. The van der Waals surface area contributed by atoms with Crippen LogP contribution in [0.15, 0.2) is 47.4 Å². The summed E-state index contributed by atoms with van der Waals surface area (Å²) in [5.41, 5.74) is 9.32. The highest BCUT2D eigenvalue weighted by atomic mass is 32.2. The number of carbonyl (C=O) groups is 1. The number of carbonyl (C=O) groups excluding carboxylic acids is 1. The van der Waals surface area contributed by atoms with Crippen molar-refractivity contribution in [3.63, 3.8) is 0 Å². The third kappa shape index (κ3) is 5.87. The van der Waals surface area contributed by atoms with Crippen LogP contribution in [-0.4, -0.2) is 84.7 Å². The second kappa shape index (κ2) is 11.8. The molecule has 0 saturated carbocycles. The number of nitrogens with one attached hydrogen (secondary N) is 1. The maximum Gasteiger partial charge on any atom is 0.247 e. The van der Waals surface area contributed by atoms with E-state index in [0.717, 1.165) is 42.3 Å². The van der Waals surface area contributed by atoms with Crippen molar-refractivity contribution in [2.45, 2.75) is 31.2 Å². The number of aryl methyl sites for hydroxylation is 1. The summed E-state index contributed by atoms with van der Waals surface area (Å²) in [6.07, 6.45) is 4.52. The predicted molar refractivity (Wildman–Crippen MR) is 159 cm³/mol. The number of sulfonamides is 1. The van der Waals surface area contributed by atoms with E-state index in [1.165, 1.54) is 4.31 Å². The van der Waals surface area contributed by atoms with E-state index in [4.69, 9.17) is 15.2 Å². The van der Waals surface area contributed by atoms with Gasteiger partial charge in [0.05, 0.1) is 5.69 Å². The third-order valence-electron chi connectivity index (χ3n) is 8.22. The van der Waals surface area contributed by atoms with Crippen LogP contribution in [0.2, 0.25) is 0 Å². The van der Waals surface area contributed by atoms with E-state index < -0.39 is 10.0 Å². The molecule has 42 heavy (non-hydrogen) atoms. The molecule has 1 amide bonds. The van der Waals surface area contributed by atoms with Gasteiger partial charge in [0, 0.05) is 57.4 Å². The Kier molecular flexibility index (Phi) is 7.93. The van der Waals surface area contributed by atoms with Crippen LogP contribution in [0.4, 0.5) is 5.69 Å². The minimum Gasteiger partial charge on any atom is -0.454 e. The molecule has 0 bridgehead atoms. The summed E-state index contributed by atoms with van der Waals surface area (Å²) in [5.74, 6) is 1.51. The molecule has 3 N–H and O–H groups in total. The molecule has 1 aromatic heterocycles. The normalized spacial score (nSPS) is 18.6. The first-order chi connectivity index (χ1) is 20.3. The van der Waals surface area contributed by atoms with Crippen molar-refractivity contribution in [1.82, 2.24) is 24.3 Å². The van der Waals surface area contributed by atoms with Gasteiger partial charge < -0.3 is 20.1 Å². The monoisotopic (exact) mass is 592 g/mol. The summed E-state index contributed by atoms with van der Waals surface area (Å²) < 4.78 is 39.7. The molecule has 0 spiro atoms. The summed E-state index contributed by atoms with van der Waals surface area (Å²) in [7, 11) is -3.79. The molecule has 11 nitrogen and oxygen atoms in total. The van der Waals surface area contributed by atoms with Gasteiger partial charge in [0.1, 0.15) is 10.6 Å². The molecule has 3 aromatic rings. The number of hydrogen-bond donors (Lipinski definition) is 2. The molecule has 2 aromatic carbocycles. The fourth-order valence-electron chi connectivity index (χ4n) is 5.81. The van der Waals surface area contributed by atoms with Crippen LogP contribution in [0.5, 0.6) is 11.5 Å². The number of aromatic amines is 1. The maximum atomic E-state index is 13.7. The van der Waals surface area contributed by atoms with Crippen LogP contribution in [-0.2, 0) is 21.4 Å². The van der Waals surface area contributed by atoms with E-state index >= 15 is 0 Å². The zero-order chi connectivity index (χ0) is 29.3. The van der Waals surface area contributed by atoms with Gasteiger partial charge in [0.15, 0.2) is 11.5 Å². The number of rotatable bonds is 7. The molecule has 0 unspecified atom stereocenters.